The Labute approximate surface area is 173 Å². The summed E-state index contributed by atoms with van der Waals surface area (Å²) < 4.78 is 21.7. The van der Waals surface area contributed by atoms with Crippen LogP contribution in [0.5, 0.6) is 23.0 Å². The van der Waals surface area contributed by atoms with Crippen molar-refractivity contribution in [3.05, 3.63) is 47.5 Å². The molecule has 0 aliphatic carbocycles. The quantitative estimate of drug-likeness (QED) is 0.657. The standard InChI is InChI=1S/C23H32N2O4/c1-26-19-9-7-17(8-10-19)20(25-11-5-6-12-25)16-24-15-18-13-22(28-3)23(29-4)14-21(18)27-2/h7-10,13-14,20,24H,5-6,11-12,15-16H2,1-4H3. The molecule has 0 radical (unpaired) electrons. The molecule has 3 rings (SSSR count). The van der Waals surface area contributed by atoms with Crippen molar-refractivity contribution in [2.75, 3.05) is 48.1 Å². The molecule has 2 aromatic carbocycles. The third-order valence-corrected chi connectivity index (χ3v) is 5.52. The summed E-state index contributed by atoms with van der Waals surface area (Å²) in [5.74, 6) is 3.05. The zero-order chi connectivity index (χ0) is 20.6. The number of rotatable bonds is 10. The van der Waals surface area contributed by atoms with E-state index in [0.29, 0.717) is 24.1 Å². The highest BCUT2D eigenvalue weighted by molar-refractivity contribution is 5.50. The van der Waals surface area contributed by atoms with Gasteiger partial charge in [-0.1, -0.05) is 12.1 Å². The molecular weight excluding hydrogens is 368 g/mol. The Bertz CT molecular complexity index is 773. The second-order valence-corrected chi connectivity index (χ2v) is 7.18. The molecule has 1 heterocycles. The molecule has 1 saturated heterocycles. The minimum Gasteiger partial charge on any atom is -0.497 e. The second-order valence-electron chi connectivity index (χ2n) is 7.18. The largest absolute Gasteiger partial charge is 0.497 e. The van der Waals surface area contributed by atoms with Crippen molar-refractivity contribution in [1.29, 1.82) is 0 Å². The van der Waals surface area contributed by atoms with Gasteiger partial charge in [0.05, 0.1) is 28.4 Å². The fourth-order valence-corrected chi connectivity index (χ4v) is 3.91. The molecule has 0 amide bonds. The summed E-state index contributed by atoms with van der Waals surface area (Å²) in [7, 11) is 6.65. The number of ether oxygens (including phenoxy) is 4. The molecule has 6 heteroatoms. The molecule has 1 N–H and O–H groups in total. The van der Waals surface area contributed by atoms with Crippen LogP contribution in [-0.4, -0.2) is 53.0 Å². The first-order valence-corrected chi connectivity index (χ1v) is 10.1. The predicted octanol–water partition coefficient (Wildman–Crippen LogP) is 3.65. The third-order valence-electron chi connectivity index (χ3n) is 5.52. The molecule has 29 heavy (non-hydrogen) atoms. The van der Waals surface area contributed by atoms with Crippen molar-refractivity contribution in [3.8, 4) is 23.0 Å². The molecule has 0 aromatic heterocycles. The molecule has 6 nitrogen and oxygen atoms in total. The number of hydrogen-bond acceptors (Lipinski definition) is 6. The molecule has 1 atom stereocenters. The lowest BCUT2D eigenvalue weighted by Gasteiger charge is -2.28. The van der Waals surface area contributed by atoms with Crippen molar-refractivity contribution in [3.63, 3.8) is 0 Å². The number of likely N-dealkylation sites (tertiary alicyclic amines) is 1. The van der Waals surface area contributed by atoms with E-state index in [2.05, 4.69) is 22.3 Å². The van der Waals surface area contributed by atoms with Gasteiger partial charge >= 0.3 is 0 Å². The van der Waals surface area contributed by atoms with Gasteiger partial charge in [0.2, 0.25) is 0 Å². The molecule has 1 aliphatic rings. The van der Waals surface area contributed by atoms with Gasteiger partial charge in [0.15, 0.2) is 11.5 Å². The maximum absolute atomic E-state index is 5.55. The molecule has 1 aliphatic heterocycles. The Morgan fingerprint density at radius 1 is 0.828 bits per heavy atom. The normalized spacial score (nSPS) is 15.2. The maximum Gasteiger partial charge on any atom is 0.164 e. The molecule has 2 aromatic rings. The zero-order valence-corrected chi connectivity index (χ0v) is 17.9. The first kappa shape index (κ1) is 21.3. The Hall–Kier alpha value is -2.44. The van der Waals surface area contributed by atoms with Crippen LogP contribution in [0.25, 0.3) is 0 Å². The SMILES string of the molecule is COc1ccc(C(CNCc2cc(OC)c(OC)cc2OC)N2CCCC2)cc1. The second kappa shape index (κ2) is 10.4. The monoisotopic (exact) mass is 400 g/mol. The van der Waals surface area contributed by atoms with Crippen LogP contribution in [0.15, 0.2) is 36.4 Å². The van der Waals surface area contributed by atoms with E-state index >= 15 is 0 Å². The van der Waals surface area contributed by atoms with Gasteiger partial charge in [-0.05, 0) is 49.7 Å². The molecule has 1 fully saturated rings. The summed E-state index contributed by atoms with van der Waals surface area (Å²) in [5.41, 5.74) is 2.35. The van der Waals surface area contributed by atoms with Crippen LogP contribution in [0.3, 0.4) is 0 Å². The Kier molecular flexibility index (Phi) is 7.61. The van der Waals surface area contributed by atoms with E-state index in [1.165, 1.54) is 18.4 Å². The van der Waals surface area contributed by atoms with Crippen molar-refractivity contribution in [2.45, 2.75) is 25.4 Å². The van der Waals surface area contributed by atoms with Gasteiger partial charge in [0, 0.05) is 30.8 Å². The van der Waals surface area contributed by atoms with Gasteiger partial charge in [-0.25, -0.2) is 0 Å². The average Bonchev–Trinajstić information content (AvgIpc) is 3.30. The van der Waals surface area contributed by atoms with Gasteiger partial charge in [-0.15, -0.1) is 0 Å². The van der Waals surface area contributed by atoms with Crippen LogP contribution in [0.2, 0.25) is 0 Å². The number of methoxy groups -OCH3 is 4. The van der Waals surface area contributed by atoms with E-state index in [1.807, 2.05) is 24.3 Å². The summed E-state index contributed by atoms with van der Waals surface area (Å²) in [5, 5.41) is 3.62. The third kappa shape index (κ3) is 5.14. The highest BCUT2D eigenvalue weighted by Gasteiger charge is 2.23. The van der Waals surface area contributed by atoms with Crippen molar-refractivity contribution in [2.24, 2.45) is 0 Å². The van der Waals surface area contributed by atoms with Gasteiger partial charge in [-0.2, -0.15) is 0 Å². The zero-order valence-electron chi connectivity index (χ0n) is 17.9. The van der Waals surface area contributed by atoms with Gasteiger partial charge in [-0.3, -0.25) is 4.90 Å². The number of hydrogen-bond donors (Lipinski definition) is 1. The van der Waals surface area contributed by atoms with Crippen molar-refractivity contribution >= 4 is 0 Å². The van der Waals surface area contributed by atoms with Gasteiger partial charge in [0.25, 0.3) is 0 Å². The van der Waals surface area contributed by atoms with Crippen LogP contribution in [0.4, 0.5) is 0 Å². The lowest BCUT2D eigenvalue weighted by molar-refractivity contribution is 0.238. The maximum atomic E-state index is 5.55. The topological polar surface area (TPSA) is 52.2 Å². The van der Waals surface area contributed by atoms with Crippen LogP contribution in [0, 0.1) is 0 Å². The van der Waals surface area contributed by atoms with E-state index in [-0.39, 0.29) is 0 Å². The van der Waals surface area contributed by atoms with E-state index in [4.69, 9.17) is 18.9 Å². The first-order valence-electron chi connectivity index (χ1n) is 10.1. The molecule has 158 valence electrons. The van der Waals surface area contributed by atoms with Crippen LogP contribution >= 0.6 is 0 Å². The van der Waals surface area contributed by atoms with Crippen LogP contribution in [-0.2, 0) is 6.54 Å². The van der Waals surface area contributed by atoms with Crippen LogP contribution in [0.1, 0.15) is 30.0 Å². The summed E-state index contributed by atoms with van der Waals surface area (Å²) in [6.07, 6.45) is 2.52. The Balaban J connectivity index is 1.72. The number of benzene rings is 2. The van der Waals surface area contributed by atoms with Crippen molar-refractivity contribution < 1.29 is 18.9 Å². The fraction of sp³-hybridized carbons (Fsp3) is 0.478. The molecule has 0 bridgehead atoms. The smallest absolute Gasteiger partial charge is 0.164 e. The molecule has 1 unspecified atom stereocenters. The summed E-state index contributed by atoms with van der Waals surface area (Å²) >= 11 is 0. The molecular formula is C23H32N2O4. The summed E-state index contributed by atoms with van der Waals surface area (Å²) in [6.45, 7) is 3.81. The minimum atomic E-state index is 0.328. The summed E-state index contributed by atoms with van der Waals surface area (Å²) in [4.78, 5) is 2.56. The van der Waals surface area contributed by atoms with Crippen molar-refractivity contribution in [1.82, 2.24) is 10.2 Å². The highest BCUT2D eigenvalue weighted by atomic mass is 16.5. The van der Waals surface area contributed by atoms with Gasteiger partial charge in [0.1, 0.15) is 11.5 Å². The first-order chi connectivity index (χ1) is 14.2. The lowest BCUT2D eigenvalue weighted by atomic mass is 10.0. The number of nitrogens with one attached hydrogen (secondary N) is 1. The minimum absolute atomic E-state index is 0.328. The average molecular weight is 401 g/mol. The van der Waals surface area contributed by atoms with E-state index in [0.717, 1.165) is 36.7 Å². The van der Waals surface area contributed by atoms with Gasteiger partial charge < -0.3 is 24.3 Å². The van der Waals surface area contributed by atoms with E-state index in [9.17, 15) is 0 Å². The predicted molar refractivity (Wildman–Crippen MR) is 114 cm³/mol. The summed E-state index contributed by atoms with van der Waals surface area (Å²) in [6, 6.07) is 12.6. The fourth-order valence-electron chi connectivity index (χ4n) is 3.91. The Morgan fingerprint density at radius 2 is 1.45 bits per heavy atom. The lowest BCUT2D eigenvalue weighted by Crippen LogP contribution is -2.34. The number of nitrogens with zero attached hydrogens (tertiary/aromatic N) is 1. The van der Waals surface area contributed by atoms with Crippen LogP contribution < -0.4 is 24.3 Å². The molecule has 0 spiro atoms. The molecule has 0 saturated carbocycles. The highest BCUT2D eigenvalue weighted by Crippen LogP contribution is 2.34. The Morgan fingerprint density at radius 3 is 2.03 bits per heavy atom. The van der Waals surface area contributed by atoms with E-state index in [1.54, 1.807) is 28.4 Å². The van der Waals surface area contributed by atoms with E-state index < -0.39 is 0 Å².